The number of halogens is 6. The fourth-order valence-corrected chi connectivity index (χ4v) is 6.73. The van der Waals surface area contributed by atoms with E-state index in [9.17, 15) is 43.2 Å². The molecule has 0 spiro atoms. The summed E-state index contributed by atoms with van der Waals surface area (Å²) in [5.74, 6) is 0. The molecule has 2 atom stereocenters. The summed E-state index contributed by atoms with van der Waals surface area (Å²) in [6.07, 6.45) is 4.80. The fraction of sp³-hybridized carbons (Fsp3) is 1.00. The molecule has 1 rings (SSSR count). The third kappa shape index (κ3) is 8.09. The summed E-state index contributed by atoms with van der Waals surface area (Å²) < 4.78 is 127. The highest BCUT2D eigenvalue weighted by atomic mass is 32.3. The second-order valence-electron chi connectivity index (χ2n) is 6.92. The van der Waals surface area contributed by atoms with Crippen molar-refractivity contribution < 1.29 is 60.9 Å². The summed E-state index contributed by atoms with van der Waals surface area (Å²) >= 11 is 0. The number of sulfonamides is 2. The van der Waals surface area contributed by atoms with Crippen LogP contribution in [-0.2, 0) is 33.3 Å². The molecule has 0 aliphatic carbocycles. The molecule has 0 amide bonds. The van der Waals surface area contributed by atoms with Gasteiger partial charge in [0.25, 0.3) is 0 Å². The van der Waals surface area contributed by atoms with Crippen LogP contribution in [0.3, 0.4) is 0 Å². The monoisotopic (exact) mass is 528 g/mol. The molecule has 1 aliphatic heterocycles. The number of piperidine rings is 1. The first-order valence-corrected chi connectivity index (χ1v) is 13.4. The van der Waals surface area contributed by atoms with Gasteiger partial charge in [0.05, 0.1) is 19.6 Å². The molecule has 0 saturated carbocycles. The molecular formula is C13H26F6N2O7S2Si. The first-order chi connectivity index (χ1) is 13.7. The Morgan fingerprint density at radius 2 is 1.29 bits per heavy atom. The predicted molar refractivity (Wildman–Crippen MR) is 99.3 cm³/mol. The maximum absolute atomic E-state index is 11.4. The smallest absolute Gasteiger partial charge is 0.421 e. The zero-order valence-electron chi connectivity index (χ0n) is 17.4. The molecule has 31 heavy (non-hydrogen) atoms. The van der Waals surface area contributed by atoms with Crippen molar-refractivity contribution in [3.8, 4) is 0 Å². The lowest BCUT2D eigenvalue weighted by Gasteiger charge is -2.45. The van der Waals surface area contributed by atoms with E-state index < -0.39 is 39.9 Å². The SMILES string of the molecule is CO[Si](C[N+]1(C)CCCCC1C)(OC)OC.O=S(=O)([N-]S(=O)(=O)C(F)(F)F)C(F)(F)F. The molecule has 2 unspecified atom stereocenters. The number of alkyl halides is 6. The first kappa shape index (κ1) is 30.5. The Labute approximate surface area is 178 Å². The zero-order valence-corrected chi connectivity index (χ0v) is 20.1. The largest absolute Gasteiger partial charge is 0.558 e. The van der Waals surface area contributed by atoms with Gasteiger partial charge in [0.15, 0.2) is 20.0 Å². The van der Waals surface area contributed by atoms with Gasteiger partial charge >= 0.3 is 19.8 Å². The van der Waals surface area contributed by atoms with Gasteiger partial charge < -0.3 is 21.9 Å². The molecule has 0 aromatic heterocycles. The van der Waals surface area contributed by atoms with Gasteiger partial charge in [-0.15, -0.1) is 0 Å². The van der Waals surface area contributed by atoms with Crippen molar-refractivity contribution in [2.45, 2.75) is 43.2 Å². The predicted octanol–water partition coefficient (Wildman–Crippen LogP) is 2.48. The molecule has 0 radical (unpaired) electrons. The average Bonchev–Trinajstić information content (AvgIpc) is 2.60. The van der Waals surface area contributed by atoms with Gasteiger partial charge in [0, 0.05) is 21.3 Å². The van der Waals surface area contributed by atoms with Crippen LogP contribution in [0, 0.1) is 0 Å². The van der Waals surface area contributed by atoms with E-state index in [1.165, 1.54) is 25.8 Å². The molecule has 0 aromatic rings. The Balaban J connectivity index is 0.000000582. The molecule has 1 aliphatic rings. The zero-order chi connectivity index (χ0) is 24.9. The number of hydrogen-bond donors (Lipinski definition) is 0. The average molecular weight is 529 g/mol. The van der Waals surface area contributed by atoms with Crippen molar-refractivity contribution in [3.63, 3.8) is 0 Å². The minimum atomic E-state index is -6.72. The first-order valence-electron chi connectivity index (χ1n) is 8.59. The number of quaternary nitrogens is 1. The van der Waals surface area contributed by atoms with Gasteiger partial charge in [0.2, 0.25) is 0 Å². The number of nitrogens with zero attached hydrogens (tertiary/aromatic N) is 2. The molecule has 9 nitrogen and oxygen atoms in total. The van der Waals surface area contributed by atoms with E-state index in [1.54, 1.807) is 21.3 Å². The molecular weight excluding hydrogens is 502 g/mol. The van der Waals surface area contributed by atoms with E-state index >= 15 is 0 Å². The Hall–Kier alpha value is -0.503. The quantitative estimate of drug-likeness (QED) is 0.284. The van der Waals surface area contributed by atoms with E-state index in [-0.39, 0.29) is 0 Å². The van der Waals surface area contributed by atoms with Crippen LogP contribution >= 0.6 is 0 Å². The lowest BCUT2D eigenvalue weighted by Crippen LogP contribution is -2.64. The highest BCUT2D eigenvalue weighted by molar-refractivity contribution is 8.13. The summed E-state index contributed by atoms with van der Waals surface area (Å²) in [7, 11) is -8.51. The van der Waals surface area contributed by atoms with Gasteiger partial charge in [-0.05, 0) is 26.2 Å². The minimum absolute atomic E-state index is 0.668. The highest BCUT2D eigenvalue weighted by Crippen LogP contribution is 2.36. The summed E-state index contributed by atoms with van der Waals surface area (Å²) in [6.45, 7) is 3.52. The molecule has 0 bridgehead atoms. The third-order valence-electron chi connectivity index (χ3n) is 4.87. The van der Waals surface area contributed by atoms with Crippen LogP contribution in [0.1, 0.15) is 26.2 Å². The lowest BCUT2D eigenvalue weighted by molar-refractivity contribution is -0.929. The minimum Gasteiger partial charge on any atom is -0.421 e. The van der Waals surface area contributed by atoms with E-state index in [2.05, 4.69) is 14.0 Å². The molecule has 1 saturated heterocycles. The number of likely N-dealkylation sites (tertiary alicyclic amines) is 1. The highest BCUT2D eigenvalue weighted by Gasteiger charge is 2.49. The second-order valence-corrected chi connectivity index (χ2v) is 13.2. The molecule has 188 valence electrons. The van der Waals surface area contributed by atoms with Crippen LogP contribution in [0.2, 0.25) is 0 Å². The van der Waals surface area contributed by atoms with Gasteiger partial charge in [-0.3, -0.25) is 0 Å². The normalized spacial score (nSPS) is 23.8. The molecule has 0 aromatic carbocycles. The van der Waals surface area contributed by atoms with Crippen molar-refractivity contribution in [1.82, 2.24) is 0 Å². The molecule has 0 N–H and O–H groups in total. The Bertz CT molecular complexity index is 737. The van der Waals surface area contributed by atoms with Crippen molar-refractivity contribution in [2.75, 3.05) is 41.1 Å². The number of hydrogen-bond acceptors (Lipinski definition) is 7. The van der Waals surface area contributed by atoms with Crippen LogP contribution < -0.4 is 0 Å². The molecule has 1 heterocycles. The van der Waals surface area contributed by atoms with Crippen molar-refractivity contribution in [1.29, 1.82) is 0 Å². The summed E-state index contributed by atoms with van der Waals surface area (Å²) in [5.41, 5.74) is -12.4. The van der Waals surface area contributed by atoms with Gasteiger partial charge in [-0.2, -0.15) is 26.3 Å². The van der Waals surface area contributed by atoms with Gasteiger partial charge in [-0.25, -0.2) is 16.8 Å². The van der Waals surface area contributed by atoms with E-state index in [0.29, 0.717) is 6.04 Å². The van der Waals surface area contributed by atoms with Crippen molar-refractivity contribution >= 4 is 28.9 Å². The van der Waals surface area contributed by atoms with E-state index in [0.717, 1.165) is 14.8 Å². The standard InChI is InChI=1S/C11H26NO3Si.C2F6NO4S2/c1-11-8-6-7-9-12(11,2)10-16(13-3,14-4)15-5;3-1(4,5)14(10,11)9-15(12,13)2(6,7)8/h11H,6-10H2,1-5H3;/q+1;-1. The Kier molecular flexibility index (Phi) is 10.4. The lowest BCUT2D eigenvalue weighted by atomic mass is 10.0. The van der Waals surface area contributed by atoms with Crippen LogP contribution in [0.15, 0.2) is 0 Å². The summed E-state index contributed by atoms with van der Waals surface area (Å²) in [5, 5.41) is 0. The van der Waals surface area contributed by atoms with Gasteiger partial charge in [0.1, 0.15) is 6.17 Å². The number of rotatable bonds is 7. The van der Waals surface area contributed by atoms with E-state index in [1.807, 2.05) is 0 Å². The summed E-state index contributed by atoms with van der Waals surface area (Å²) in [4.78, 5) is 0. The maximum atomic E-state index is 11.4. The van der Waals surface area contributed by atoms with Gasteiger partial charge in [-0.1, -0.05) is 0 Å². The molecule has 18 heteroatoms. The molecule has 1 fully saturated rings. The van der Waals surface area contributed by atoms with Crippen LogP contribution in [0.25, 0.3) is 4.13 Å². The second kappa shape index (κ2) is 10.6. The van der Waals surface area contributed by atoms with Crippen LogP contribution in [-0.4, -0.2) is 88.3 Å². The fourth-order valence-electron chi connectivity index (χ4n) is 2.78. The van der Waals surface area contributed by atoms with Crippen LogP contribution in [0.5, 0.6) is 0 Å². The van der Waals surface area contributed by atoms with Crippen molar-refractivity contribution in [2.24, 2.45) is 0 Å². The Morgan fingerprint density at radius 3 is 1.58 bits per heavy atom. The van der Waals surface area contributed by atoms with E-state index in [4.69, 9.17) is 13.3 Å². The summed E-state index contributed by atoms with van der Waals surface area (Å²) in [6, 6.07) is 0.668. The third-order valence-corrected chi connectivity index (χ3v) is 10.6. The maximum Gasteiger partial charge on any atom is 0.558 e. The Morgan fingerprint density at radius 1 is 0.903 bits per heavy atom. The van der Waals surface area contributed by atoms with Crippen LogP contribution in [0.4, 0.5) is 26.3 Å². The topological polar surface area (TPSA) is 110 Å². The van der Waals surface area contributed by atoms with Crippen molar-refractivity contribution in [3.05, 3.63) is 4.13 Å².